The quantitative estimate of drug-likeness (QED) is 0.606. The van der Waals surface area contributed by atoms with Crippen molar-refractivity contribution < 1.29 is 9.84 Å². The second kappa shape index (κ2) is 8.30. The highest BCUT2D eigenvalue weighted by atomic mass is 16.5. The van der Waals surface area contributed by atoms with Gasteiger partial charge < -0.3 is 20.2 Å². The van der Waals surface area contributed by atoms with Gasteiger partial charge in [0, 0.05) is 46.5 Å². The summed E-state index contributed by atoms with van der Waals surface area (Å²) in [6, 6.07) is 7.91. The molecular weight excluding hydrogens is 362 g/mol. The summed E-state index contributed by atoms with van der Waals surface area (Å²) < 4.78 is 6.11. The molecule has 0 saturated carbocycles. The number of aromatic hydroxyl groups is 1. The van der Waals surface area contributed by atoms with Gasteiger partial charge in [0.05, 0.1) is 11.8 Å². The Morgan fingerprint density at radius 2 is 2.00 bits per heavy atom. The Bertz CT molecular complexity index is 975. The van der Waals surface area contributed by atoms with Gasteiger partial charge in [-0.25, -0.2) is 4.79 Å². The lowest BCUT2D eigenvalue weighted by molar-refractivity contribution is 0.188. The fourth-order valence-corrected chi connectivity index (χ4v) is 3.19. The third-order valence-corrected chi connectivity index (χ3v) is 4.76. The van der Waals surface area contributed by atoms with Crippen LogP contribution >= 0.6 is 0 Å². The van der Waals surface area contributed by atoms with Crippen molar-refractivity contribution in [2.24, 2.45) is 5.10 Å². The van der Waals surface area contributed by atoms with Crippen LogP contribution in [0.15, 0.2) is 39.0 Å². The van der Waals surface area contributed by atoms with Crippen LogP contribution in [0, 0.1) is 0 Å². The van der Waals surface area contributed by atoms with Crippen molar-refractivity contribution in [3.8, 4) is 5.88 Å². The van der Waals surface area contributed by atoms with Crippen LogP contribution < -0.4 is 21.6 Å². The molecule has 3 N–H and O–H groups in total. The number of aromatic nitrogens is 2. The van der Waals surface area contributed by atoms with Gasteiger partial charge in [-0.3, -0.25) is 14.3 Å². The average molecular weight is 387 g/mol. The molecule has 9 nitrogen and oxygen atoms in total. The molecule has 9 heteroatoms. The van der Waals surface area contributed by atoms with E-state index in [1.807, 2.05) is 43.3 Å². The second-order valence-corrected chi connectivity index (χ2v) is 6.89. The molecule has 0 saturated heterocycles. The van der Waals surface area contributed by atoms with Gasteiger partial charge in [0.2, 0.25) is 5.88 Å². The molecule has 1 aliphatic heterocycles. The van der Waals surface area contributed by atoms with Crippen LogP contribution in [0.5, 0.6) is 5.88 Å². The fourth-order valence-electron chi connectivity index (χ4n) is 3.19. The summed E-state index contributed by atoms with van der Waals surface area (Å²) in [5.41, 5.74) is 4.27. The summed E-state index contributed by atoms with van der Waals surface area (Å²) in [4.78, 5) is 28.6. The van der Waals surface area contributed by atoms with Crippen molar-refractivity contribution in [2.75, 3.05) is 32.7 Å². The molecule has 3 rings (SSSR count). The first-order chi connectivity index (χ1) is 13.4. The summed E-state index contributed by atoms with van der Waals surface area (Å²) >= 11 is 0. The highest BCUT2D eigenvalue weighted by Gasteiger charge is 2.27. The molecule has 2 aromatic rings. The van der Waals surface area contributed by atoms with E-state index in [1.54, 1.807) is 7.11 Å². The number of H-pyrrole nitrogens is 1. The van der Waals surface area contributed by atoms with Crippen LogP contribution in [0.25, 0.3) is 0 Å². The van der Waals surface area contributed by atoms with Gasteiger partial charge in [-0.1, -0.05) is 12.1 Å². The van der Waals surface area contributed by atoms with Crippen molar-refractivity contribution in [1.82, 2.24) is 15.0 Å². The summed E-state index contributed by atoms with van der Waals surface area (Å²) in [6.45, 7) is 0.673. The van der Waals surface area contributed by atoms with Crippen LogP contribution in [0.4, 0.5) is 5.69 Å². The molecule has 0 fully saturated rings. The Morgan fingerprint density at radius 3 is 2.64 bits per heavy atom. The normalized spacial score (nSPS) is 16.0. The van der Waals surface area contributed by atoms with Gasteiger partial charge in [-0.05, 0) is 24.1 Å². The maximum atomic E-state index is 12.3. The van der Waals surface area contributed by atoms with Gasteiger partial charge in [0.25, 0.3) is 5.56 Å². The largest absolute Gasteiger partial charge is 0.494 e. The predicted molar refractivity (Wildman–Crippen MR) is 107 cm³/mol. The lowest BCUT2D eigenvalue weighted by Gasteiger charge is -2.15. The van der Waals surface area contributed by atoms with E-state index in [4.69, 9.17) is 4.74 Å². The molecule has 1 aromatic carbocycles. The van der Waals surface area contributed by atoms with E-state index in [0.717, 1.165) is 15.8 Å². The minimum absolute atomic E-state index is 0.0249. The van der Waals surface area contributed by atoms with Gasteiger partial charge in [-0.15, -0.1) is 0 Å². The first-order valence-electron chi connectivity index (χ1n) is 9.07. The lowest BCUT2D eigenvalue weighted by atomic mass is 10.00. The topological polar surface area (TPSA) is 112 Å². The van der Waals surface area contributed by atoms with Crippen LogP contribution in [0.3, 0.4) is 0 Å². The van der Waals surface area contributed by atoms with Crippen molar-refractivity contribution in [2.45, 2.75) is 25.4 Å². The van der Waals surface area contributed by atoms with E-state index in [-0.39, 0.29) is 24.0 Å². The van der Waals surface area contributed by atoms with Gasteiger partial charge in [-0.2, -0.15) is 5.10 Å². The van der Waals surface area contributed by atoms with E-state index in [1.165, 1.54) is 0 Å². The Balaban J connectivity index is 1.83. The predicted octanol–water partition coefficient (Wildman–Crippen LogP) is 0.783. The highest BCUT2D eigenvalue weighted by Crippen LogP contribution is 2.27. The molecule has 150 valence electrons. The van der Waals surface area contributed by atoms with Crippen LogP contribution in [-0.2, 0) is 11.3 Å². The molecule has 0 aliphatic carbocycles. The lowest BCUT2D eigenvalue weighted by Crippen LogP contribution is -2.34. The van der Waals surface area contributed by atoms with Crippen LogP contribution in [0.1, 0.15) is 30.0 Å². The molecule has 0 bridgehead atoms. The monoisotopic (exact) mass is 387 g/mol. The van der Waals surface area contributed by atoms with Gasteiger partial charge in [0.15, 0.2) is 0 Å². The number of anilines is 1. The molecule has 1 aromatic heterocycles. The second-order valence-electron chi connectivity index (χ2n) is 6.89. The molecule has 1 unspecified atom stereocenters. The van der Waals surface area contributed by atoms with E-state index < -0.39 is 11.2 Å². The first kappa shape index (κ1) is 19.7. The smallest absolute Gasteiger partial charge is 0.331 e. The van der Waals surface area contributed by atoms with Crippen LogP contribution in [-0.4, -0.2) is 48.2 Å². The number of ether oxygens (including phenoxy) is 1. The van der Waals surface area contributed by atoms with Crippen molar-refractivity contribution in [3.63, 3.8) is 0 Å². The number of hydrazone groups is 1. The number of nitrogens with zero attached hydrogens (tertiary/aromatic N) is 3. The summed E-state index contributed by atoms with van der Waals surface area (Å²) in [7, 11) is 5.51. The number of benzene rings is 1. The third-order valence-electron chi connectivity index (χ3n) is 4.76. The molecule has 1 atom stereocenters. The minimum atomic E-state index is -0.648. The molecule has 0 amide bonds. The van der Waals surface area contributed by atoms with E-state index in [2.05, 4.69) is 15.5 Å². The number of rotatable bonds is 7. The Morgan fingerprint density at radius 1 is 1.29 bits per heavy atom. The van der Waals surface area contributed by atoms with Crippen LogP contribution in [0.2, 0.25) is 0 Å². The molecule has 28 heavy (non-hydrogen) atoms. The standard InChI is InChI=1S/C19H25N5O4/c1-23(2)13-7-5-12(6-8-13)14-11-15(22-21-14)16-17(25)20-19(27)24(18(16)26)9-4-10-28-3/h5-8,14,21,26H,4,9-11H2,1-3H3,(H,20,25,27). The summed E-state index contributed by atoms with van der Waals surface area (Å²) in [5.74, 6) is -0.367. The van der Waals surface area contributed by atoms with Crippen molar-refractivity contribution in [1.29, 1.82) is 0 Å². The van der Waals surface area contributed by atoms with E-state index >= 15 is 0 Å². The SMILES string of the molecule is COCCCn1c(O)c(C2=NNC(c3ccc(N(C)C)cc3)C2)c(=O)[nH]c1=O. The Kier molecular flexibility index (Phi) is 5.84. The van der Waals surface area contributed by atoms with Gasteiger partial charge >= 0.3 is 5.69 Å². The minimum Gasteiger partial charge on any atom is -0.494 e. The zero-order valence-electron chi connectivity index (χ0n) is 16.2. The molecule has 2 heterocycles. The Labute approximate surface area is 162 Å². The molecular formula is C19H25N5O4. The number of hydrogen-bond donors (Lipinski definition) is 3. The van der Waals surface area contributed by atoms with E-state index in [9.17, 15) is 14.7 Å². The summed E-state index contributed by atoms with van der Waals surface area (Å²) in [6.07, 6.45) is 0.954. The maximum Gasteiger partial charge on any atom is 0.331 e. The highest BCUT2D eigenvalue weighted by molar-refractivity contribution is 6.03. The maximum absolute atomic E-state index is 12.3. The molecule has 0 spiro atoms. The van der Waals surface area contributed by atoms with Crippen molar-refractivity contribution >= 4 is 11.4 Å². The number of methoxy groups -OCH3 is 1. The van der Waals surface area contributed by atoms with E-state index in [0.29, 0.717) is 25.2 Å². The molecule has 0 radical (unpaired) electrons. The average Bonchev–Trinajstić information content (AvgIpc) is 3.14. The zero-order valence-corrected chi connectivity index (χ0v) is 16.2. The summed E-state index contributed by atoms with van der Waals surface area (Å²) in [5, 5.41) is 14.8. The van der Waals surface area contributed by atoms with Gasteiger partial charge in [0.1, 0.15) is 5.56 Å². The third kappa shape index (κ3) is 3.94. The van der Waals surface area contributed by atoms with Crippen molar-refractivity contribution in [3.05, 3.63) is 56.2 Å². The number of nitrogens with one attached hydrogen (secondary N) is 2. The number of aromatic amines is 1. The fraction of sp³-hybridized carbons (Fsp3) is 0.421. The first-order valence-corrected chi connectivity index (χ1v) is 9.07. The molecule has 1 aliphatic rings. The Hall–Kier alpha value is -3.07. The number of hydrogen-bond acceptors (Lipinski definition) is 7. The zero-order chi connectivity index (χ0) is 20.3.